The van der Waals surface area contributed by atoms with Crippen LogP contribution in [0.5, 0.6) is 0 Å². The van der Waals surface area contributed by atoms with E-state index in [9.17, 15) is 14.9 Å². The number of nitro groups is 1. The van der Waals surface area contributed by atoms with Crippen molar-refractivity contribution in [3.8, 4) is 5.69 Å². The molecule has 0 atom stereocenters. The largest absolute Gasteiger partial charge is 0.296 e. The maximum absolute atomic E-state index is 12.8. The summed E-state index contributed by atoms with van der Waals surface area (Å²) in [7, 11) is 0. The van der Waals surface area contributed by atoms with Gasteiger partial charge in [0.25, 0.3) is 11.6 Å². The molecule has 11 heteroatoms. The van der Waals surface area contributed by atoms with Crippen molar-refractivity contribution in [1.29, 1.82) is 0 Å². The van der Waals surface area contributed by atoms with Crippen LogP contribution in [0.1, 0.15) is 32.3 Å². The van der Waals surface area contributed by atoms with E-state index in [1.807, 2.05) is 19.1 Å². The van der Waals surface area contributed by atoms with Gasteiger partial charge in [-0.15, -0.1) is 16.4 Å². The number of nitrogens with zero attached hydrogens (tertiary/aromatic N) is 5. The lowest BCUT2D eigenvalue weighted by Gasteiger charge is -2.04. The van der Waals surface area contributed by atoms with Crippen LogP contribution in [-0.2, 0) is 6.42 Å². The molecule has 0 bridgehead atoms. The van der Waals surface area contributed by atoms with Gasteiger partial charge in [-0.3, -0.25) is 20.2 Å². The van der Waals surface area contributed by atoms with Crippen molar-refractivity contribution in [1.82, 2.24) is 20.0 Å². The Morgan fingerprint density at radius 2 is 2.00 bits per heavy atom. The Bertz CT molecular complexity index is 1330. The van der Waals surface area contributed by atoms with E-state index < -0.39 is 10.8 Å². The molecule has 32 heavy (non-hydrogen) atoms. The number of aryl methyl sites for hydroxylation is 1. The molecule has 0 saturated carbocycles. The number of hydrogen-bond donors (Lipinski definition) is 1. The van der Waals surface area contributed by atoms with Gasteiger partial charge in [-0.25, -0.2) is 9.67 Å². The van der Waals surface area contributed by atoms with Crippen molar-refractivity contribution < 1.29 is 9.72 Å². The average Bonchev–Trinajstić information content (AvgIpc) is 3.30. The summed E-state index contributed by atoms with van der Waals surface area (Å²) in [5.41, 5.74) is 3.02. The molecule has 0 radical (unpaired) electrons. The highest BCUT2D eigenvalue weighted by atomic mass is 35.5. The minimum Gasteiger partial charge on any atom is -0.296 e. The quantitative estimate of drug-likeness (QED) is 0.322. The van der Waals surface area contributed by atoms with Crippen molar-refractivity contribution in [2.45, 2.75) is 20.3 Å². The second kappa shape index (κ2) is 8.85. The summed E-state index contributed by atoms with van der Waals surface area (Å²) in [5.74, 6) is -0.425. The molecule has 2 aromatic heterocycles. The number of thiazole rings is 1. The molecule has 0 spiro atoms. The van der Waals surface area contributed by atoms with Gasteiger partial charge in [0, 0.05) is 28.5 Å². The van der Waals surface area contributed by atoms with E-state index in [0.717, 1.165) is 16.1 Å². The lowest BCUT2D eigenvalue weighted by molar-refractivity contribution is -0.384. The summed E-state index contributed by atoms with van der Waals surface area (Å²) < 4.78 is 1.54. The van der Waals surface area contributed by atoms with E-state index >= 15 is 0 Å². The number of non-ortho nitro benzene ring substituents is 1. The summed E-state index contributed by atoms with van der Waals surface area (Å²) in [6.45, 7) is 3.58. The number of nitrogens with one attached hydrogen (secondary N) is 1. The number of rotatable bonds is 6. The molecule has 4 aromatic rings. The molecule has 9 nitrogen and oxygen atoms in total. The van der Waals surface area contributed by atoms with Gasteiger partial charge in [-0.2, -0.15) is 0 Å². The van der Waals surface area contributed by atoms with E-state index in [-0.39, 0.29) is 11.4 Å². The van der Waals surface area contributed by atoms with E-state index in [1.54, 1.807) is 35.9 Å². The summed E-state index contributed by atoms with van der Waals surface area (Å²) >= 11 is 7.36. The van der Waals surface area contributed by atoms with Crippen molar-refractivity contribution in [3.63, 3.8) is 0 Å². The number of nitro benzene ring substituents is 1. The van der Waals surface area contributed by atoms with Gasteiger partial charge >= 0.3 is 0 Å². The molecule has 0 aliphatic heterocycles. The first kappa shape index (κ1) is 21.6. The Hall–Kier alpha value is -3.63. The molecule has 1 N–H and O–H groups in total. The fourth-order valence-corrected chi connectivity index (χ4v) is 4.34. The highest BCUT2D eigenvalue weighted by Crippen LogP contribution is 2.27. The van der Waals surface area contributed by atoms with Crippen LogP contribution in [0.4, 0.5) is 10.8 Å². The number of amides is 1. The molecular weight excluding hydrogens is 452 g/mol. The Kier molecular flexibility index (Phi) is 5.97. The molecule has 4 rings (SSSR count). The van der Waals surface area contributed by atoms with Gasteiger partial charge in [0.15, 0.2) is 10.8 Å². The Balaban J connectivity index is 1.51. The summed E-state index contributed by atoms with van der Waals surface area (Å²) in [5, 5.41) is 22.8. The third-order valence-electron chi connectivity index (χ3n) is 4.76. The maximum Gasteiger partial charge on any atom is 0.279 e. The third kappa shape index (κ3) is 4.51. The predicted octanol–water partition coefficient (Wildman–Crippen LogP) is 4.75. The molecule has 2 aromatic carbocycles. The molecular formula is C21H17ClN6O3S. The second-order valence-electron chi connectivity index (χ2n) is 7.00. The smallest absolute Gasteiger partial charge is 0.279 e. The Morgan fingerprint density at radius 3 is 2.75 bits per heavy atom. The minimum absolute atomic E-state index is 0.0384. The van der Waals surface area contributed by atoms with E-state index in [2.05, 4.69) is 20.6 Å². The number of carbonyl (C=O) groups excluding carboxylic acids is 1. The number of anilines is 1. The molecule has 0 unspecified atom stereocenters. The van der Waals surface area contributed by atoms with Crippen LogP contribution < -0.4 is 5.32 Å². The Labute approximate surface area is 191 Å². The molecule has 0 fully saturated rings. The van der Waals surface area contributed by atoms with Crippen LogP contribution in [0, 0.1) is 24.0 Å². The highest BCUT2D eigenvalue weighted by molar-refractivity contribution is 7.15. The minimum atomic E-state index is -0.425. The SMILES string of the molecule is Cc1nc(NC(=O)c2nnn(-c3cccc(Cl)c3)c2C)sc1Cc1cccc([N+](=O)[O-])c1. The van der Waals surface area contributed by atoms with Gasteiger partial charge in [-0.05, 0) is 37.6 Å². The van der Waals surface area contributed by atoms with Gasteiger partial charge in [0.05, 0.1) is 22.0 Å². The van der Waals surface area contributed by atoms with Crippen molar-refractivity contribution >= 4 is 39.7 Å². The zero-order valence-corrected chi connectivity index (χ0v) is 18.6. The summed E-state index contributed by atoms with van der Waals surface area (Å²) in [6.07, 6.45) is 0.477. The highest BCUT2D eigenvalue weighted by Gasteiger charge is 2.20. The third-order valence-corrected chi connectivity index (χ3v) is 6.07. The van der Waals surface area contributed by atoms with Gasteiger partial charge < -0.3 is 0 Å². The number of benzene rings is 2. The first-order chi connectivity index (χ1) is 15.3. The van der Waals surface area contributed by atoms with Gasteiger partial charge in [0.1, 0.15) is 0 Å². The second-order valence-corrected chi connectivity index (χ2v) is 8.52. The number of halogens is 1. The lowest BCUT2D eigenvalue weighted by atomic mass is 10.1. The van der Waals surface area contributed by atoms with E-state index in [4.69, 9.17) is 11.6 Å². The van der Waals surface area contributed by atoms with Gasteiger partial charge in [0.2, 0.25) is 0 Å². The number of carbonyl (C=O) groups is 1. The van der Waals surface area contributed by atoms with Crippen LogP contribution in [0.3, 0.4) is 0 Å². The van der Waals surface area contributed by atoms with Crippen molar-refractivity contribution in [3.05, 3.63) is 91.2 Å². The average molecular weight is 469 g/mol. The summed E-state index contributed by atoms with van der Waals surface area (Å²) in [6, 6.07) is 13.6. The van der Waals surface area contributed by atoms with Crippen LogP contribution in [0.2, 0.25) is 5.02 Å². The lowest BCUT2D eigenvalue weighted by Crippen LogP contribution is -2.14. The molecule has 162 valence electrons. The topological polar surface area (TPSA) is 116 Å². The van der Waals surface area contributed by atoms with E-state index in [1.165, 1.54) is 23.5 Å². The standard InChI is InChI=1S/C21H17ClN6O3S/c1-12-18(10-14-5-3-8-17(9-14)28(30)31)32-21(23-12)24-20(29)19-13(2)27(26-25-19)16-7-4-6-15(22)11-16/h3-9,11H,10H2,1-2H3,(H,23,24,29). The normalized spacial score (nSPS) is 10.8. The van der Waals surface area contributed by atoms with Crippen molar-refractivity contribution in [2.75, 3.05) is 5.32 Å². The maximum atomic E-state index is 12.8. The summed E-state index contributed by atoms with van der Waals surface area (Å²) in [4.78, 5) is 28.7. The molecule has 1 amide bonds. The first-order valence-corrected chi connectivity index (χ1v) is 10.7. The molecule has 0 saturated heterocycles. The number of hydrogen-bond acceptors (Lipinski definition) is 7. The van der Waals surface area contributed by atoms with Crippen LogP contribution in [0.15, 0.2) is 48.5 Å². The van der Waals surface area contributed by atoms with Crippen LogP contribution in [-0.4, -0.2) is 30.8 Å². The van der Waals surface area contributed by atoms with Crippen LogP contribution >= 0.6 is 22.9 Å². The van der Waals surface area contributed by atoms with E-state index in [0.29, 0.717) is 28.0 Å². The fourth-order valence-electron chi connectivity index (χ4n) is 3.16. The fraction of sp³-hybridized carbons (Fsp3) is 0.143. The monoisotopic (exact) mass is 468 g/mol. The zero-order valence-electron chi connectivity index (χ0n) is 17.1. The zero-order chi connectivity index (χ0) is 22.8. The molecule has 2 heterocycles. The van der Waals surface area contributed by atoms with Crippen molar-refractivity contribution in [2.24, 2.45) is 0 Å². The number of aromatic nitrogens is 4. The Morgan fingerprint density at radius 1 is 1.22 bits per heavy atom. The van der Waals surface area contributed by atoms with Gasteiger partial charge in [-0.1, -0.05) is 35.0 Å². The molecule has 0 aliphatic carbocycles. The molecule has 0 aliphatic rings. The predicted molar refractivity (Wildman–Crippen MR) is 122 cm³/mol. The first-order valence-electron chi connectivity index (χ1n) is 9.51. The van der Waals surface area contributed by atoms with Crippen LogP contribution in [0.25, 0.3) is 5.69 Å².